The van der Waals surface area contributed by atoms with E-state index >= 15 is 0 Å². The highest BCUT2D eigenvalue weighted by Crippen LogP contribution is 2.33. The van der Waals surface area contributed by atoms with E-state index in [9.17, 15) is 9.59 Å². The average Bonchev–Trinajstić information content (AvgIpc) is 2.56. The van der Waals surface area contributed by atoms with Gasteiger partial charge in [0, 0.05) is 5.70 Å². The topological polar surface area (TPSA) is 67.4 Å². The van der Waals surface area contributed by atoms with Gasteiger partial charge in [0.1, 0.15) is 6.10 Å². The van der Waals surface area contributed by atoms with Crippen LogP contribution in [0.2, 0.25) is 10.0 Å². The van der Waals surface area contributed by atoms with Crippen molar-refractivity contribution < 1.29 is 14.3 Å². The van der Waals surface area contributed by atoms with E-state index in [1.54, 1.807) is 25.1 Å². The third-order valence-electron chi connectivity index (χ3n) is 4.93. The lowest BCUT2D eigenvalue weighted by molar-refractivity contribution is -0.146. The Labute approximate surface area is 163 Å². The first-order chi connectivity index (χ1) is 12.3. The zero-order chi connectivity index (χ0) is 18.8. The fourth-order valence-corrected chi connectivity index (χ4v) is 3.91. The highest BCUT2D eigenvalue weighted by Gasteiger charge is 2.34. The molecular formula is C19H22Cl2N2O3. The molecule has 2 N–H and O–H groups in total. The lowest BCUT2D eigenvalue weighted by atomic mass is 9.88. The Morgan fingerprint density at radius 2 is 2.00 bits per heavy atom. The van der Waals surface area contributed by atoms with Crippen molar-refractivity contribution in [3.8, 4) is 0 Å². The quantitative estimate of drug-likeness (QED) is 0.724. The summed E-state index contributed by atoms with van der Waals surface area (Å²) in [4.78, 5) is 24.8. The van der Waals surface area contributed by atoms with Gasteiger partial charge < -0.3 is 15.4 Å². The van der Waals surface area contributed by atoms with Crippen LogP contribution in [0.15, 0.2) is 29.5 Å². The summed E-state index contributed by atoms with van der Waals surface area (Å²) < 4.78 is 5.77. The minimum atomic E-state index is -0.632. The molecule has 3 unspecified atom stereocenters. The molecule has 0 spiro atoms. The van der Waals surface area contributed by atoms with E-state index in [0.717, 1.165) is 19.3 Å². The molecule has 1 saturated carbocycles. The predicted octanol–water partition coefficient (Wildman–Crippen LogP) is 4.74. The molecule has 0 aromatic heterocycles. The molecule has 1 aromatic rings. The summed E-state index contributed by atoms with van der Waals surface area (Å²) in [6.45, 7) is 3.87. The average molecular weight is 397 g/mol. The maximum Gasteiger partial charge on any atom is 0.338 e. The van der Waals surface area contributed by atoms with E-state index in [0.29, 0.717) is 32.8 Å². The van der Waals surface area contributed by atoms with Gasteiger partial charge in [-0.25, -0.2) is 9.59 Å². The molecule has 1 fully saturated rings. The van der Waals surface area contributed by atoms with Crippen LogP contribution in [0, 0.1) is 5.92 Å². The summed E-state index contributed by atoms with van der Waals surface area (Å²) in [6.07, 6.45) is 3.88. The van der Waals surface area contributed by atoms with E-state index in [-0.39, 0.29) is 12.1 Å². The highest BCUT2D eigenvalue weighted by molar-refractivity contribution is 6.42. The number of carbonyl (C=O) groups excluding carboxylic acids is 2. The van der Waals surface area contributed by atoms with Gasteiger partial charge in [-0.15, -0.1) is 0 Å². The van der Waals surface area contributed by atoms with E-state index in [1.807, 2.05) is 0 Å². The first-order valence-electron chi connectivity index (χ1n) is 8.79. The molecule has 3 atom stereocenters. The molecule has 26 heavy (non-hydrogen) atoms. The van der Waals surface area contributed by atoms with Gasteiger partial charge in [-0.1, -0.05) is 42.6 Å². The molecule has 1 aliphatic carbocycles. The third-order valence-corrected chi connectivity index (χ3v) is 5.67. The summed E-state index contributed by atoms with van der Waals surface area (Å²) in [7, 11) is 0. The van der Waals surface area contributed by atoms with E-state index < -0.39 is 12.0 Å². The number of hydrogen-bond donors (Lipinski definition) is 2. The van der Waals surface area contributed by atoms with Gasteiger partial charge in [0.15, 0.2) is 0 Å². The van der Waals surface area contributed by atoms with Crippen molar-refractivity contribution in [1.82, 2.24) is 10.6 Å². The Kier molecular flexibility index (Phi) is 5.78. The van der Waals surface area contributed by atoms with Crippen LogP contribution in [0.4, 0.5) is 4.79 Å². The molecule has 5 nitrogen and oxygen atoms in total. The molecule has 1 aromatic carbocycles. The fraction of sp³-hybridized carbons (Fsp3) is 0.474. The van der Waals surface area contributed by atoms with Crippen LogP contribution in [0.5, 0.6) is 0 Å². The molecule has 3 rings (SSSR count). The van der Waals surface area contributed by atoms with Crippen LogP contribution in [-0.4, -0.2) is 18.1 Å². The third kappa shape index (κ3) is 4.15. The SMILES string of the molecule is CC1=C(C(=O)OC2CCCC(C)C2)C(c2ccc(Cl)c(Cl)c2)NC(=O)N1. The lowest BCUT2D eigenvalue weighted by Gasteiger charge is -2.31. The fourth-order valence-electron chi connectivity index (χ4n) is 3.61. The van der Waals surface area contributed by atoms with Gasteiger partial charge >= 0.3 is 12.0 Å². The number of esters is 1. The molecule has 2 aliphatic rings. The number of benzene rings is 1. The summed E-state index contributed by atoms with van der Waals surface area (Å²) in [5, 5.41) is 6.21. The molecule has 1 aliphatic heterocycles. The molecule has 0 saturated heterocycles. The van der Waals surface area contributed by atoms with E-state index in [1.165, 1.54) is 6.42 Å². The summed E-state index contributed by atoms with van der Waals surface area (Å²) in [5.74, 6) is 0.136. The number of allylic oxidation sites excluding steroid dienone is 1. The maximum atomic E-state index is 12.9. The monoisotopic (exact) mass is 396 g/mol. The second-order valence-corrected chi connectivity index (χ2v) is 7.86. The van der Waals surface area contributed by atoms with Crippen molar-refractivity contribution in [1.29, 1.82) is 0 Å². The van der Waals surface area contributed by atoms with Gasteiger partial charge in [0.05, 0.1) is 21.7 Å². The zero-order valence-electron chi connectivity index (χ0n) is 14.8. The molecule has 0 radical (unpaired) electrons. The standard InChI is InChI=1S/C19H22Cl2N2O3/c1-10-4-3-5-13(8-10)26-18(24)16-11(2)22-19(25)23-17(16)12-6-7-14(20)15(21)9-12/h6-7,9-10,13,17H,3-5,8H2,1-2H3,(H2,22,23,25). The number of nitrogens with one attached hydrogen (secondary N) is 2. The second-order valence-electron chi connectivity index (χ2n) is 7.04. The number of ether oxygens (including phenoxy) is 1. The summed E-state index contributed by atoms with van der Waals surface area (Å²) in [6, 6.07) is 4.04. The molecule has 0 bridgehead atoms. The first-order valence-corrected chi connectivity index (χ1v) is 9.55. The molecule has 7 heteroatoms. The number of rotatable bonds is 3. The van der Waals surface area contributed by atoms with Gasteiger partial charge in [-0.2, -0.15) is 0 Å². The Balaban J connectivity index is 1.87. The van der Waals surface area contributed by atoms with Gasteiger partial charge in [0.2, 0.25) is 0 Å². The van der Waals surface area contributed by atoms with Gasteiger partial charge in [-0.3, -0.25) is 0 Å². The molecule has 1 heterocycles. The Morgan fingerprint density at radius 3 is 2.69 bits per heavy atom. The summed E-state index contributed by atoms with van der Waals surface area (Å²) in [5.41, 5.74) is 1.55. The Hall–Kier alpha value is -1.72. The second kappa shape index (κ2) is 7.89. The van der Waals surface area contributed by atoms with Crippen molar-refractivity contribution in [3.63, 3.8) is 0 Å². The molecule has 2 amide bonds. The van der Waals surface area contributed by atoms with Crippen molar-refractivity contribution in [2.45, 2.75) is 51.7 Å². The lowest BCUT2D eigenvalue weighted by Crippen LogP contribution is -2.45. The number of hydrogen-bond acceptors (Lipinski definition) is 3. The zero-order valence-corrected chi connectivity index (χ0v) is 16.3. The van der Waals surface area contributed by atoms with Crippen molar-refractivity contribution >= 4 is 35.2 Å². The first kappa shape index (κ1) is 19.1. The van der Waals surface area contributed by atoms with Gasteiger partial charge in [0.25, 0.3) is 0 Å². The van der Waals surface area contributed by atoms with Crippen molar-refractivity contribution in [2.24, 2.45) is 5.92 Å². The maximum absolute atomic E-state index is 12.9. The van der Waals surface area contributed by atoms with Crippen LogP contribution in [0.3, 0.4) is 0 Å². The van der Waals surface area contributed by atoms with Crippen LogP contribution in [0.1, 0.15) is 51.1 Å². The number of halogens is 2. The largest absolute Gasteiger partial charge is 0.459 e. The van der Waals surface area contributed by atoms with E-state index in [2.05, 4.69) is 17.6 Å². The smallest absolute Gasteiger partial charge is 0.338 e. The van der Waals surface area contributed by atoms with Crippen LogP contribution in [-0.2, 0) is 9.53 Å². The minimum Gasteiger partial charge on any atom is -0.459 e. The van der Waals surface area contributed by atoms with E-state index in [4.69, 9.17) is 27.9 Å². The van der Waals surface area contributed by atoms with Crippen molar-refractivity contribution in [2.75, 3.05) is 0 Å². The van der Waals surface area contributed by atoms with Crippen LogP contribution < -0.4 is 10.6 Å². The normalized spacial score (nSPS) is 26.2. The van der Waals surface area contributed by atoms with Crippen LogP contribution in [0.25, 0.3) is 0 Å². The minimum absolute atomic E-state index is 0.0846. The highest BCUT2D eigenvalue weighted by atomic mass is 35.5. The van der Waals surface area contributed by atoms with Crippen molar-refractivity contribution in [3.05, 3.63) is 45.1 Å². The number of urea groups is 1. The Bertz CT molecular complexity index is 763. The summed E-state index contributed by atoms with van der Waals surface area (Å²) >= 11 is 12.1. The van der Waals surface area contributed by atoms with Gasteiger partial charge in [-0.05, 0) is 49.8 Å². The predicted molar refractivity (Wildman–Crippen MR) is 101 cm³/mol. The Morgan fingerprint density at radius 1 is 1.23 bits per heavy atom. The number of amides is 2. The molecular weight excluding hydrogens is 375 g/mol. The van der Waals surface area contributed by atoms with Crippen LogP contribution >= 0.6 is 23.2 Å². The number of carbonyl (C=O) groups is 2. The molecule has 140 valence electrons.